The molecule has 9 aromatic rings. The highest BCUT2D eigenvalue weighted by molar-refractivity contribution is 7.85. The van der Waals surface area contributed by atoms with Crippen molar-refractivity contribution in [2.75, 3.05) is 0 Å². The number of hydrogen-bond donors (Lipinski definition) is 0. The van der Waals surface area contributed by atoms with Crippen molar-refractivity contribution in [3.8, 4) is 0 Å². The standard InChI is InChI=1S/C38H24N3OP/c42-43(27-19-21-39-22-20-27,28-18-17-25-9-1-2-10-26(25)23-28)36-24-33-29-11-3-6-14-32(29)38-40-34-15-7-8-16-35(34)41(38)37(33)31-13-5-4-12-30(31)36/h1-24H. The van der Waals surface area contributed by atoms with Gasteiger partial charge < -0.3 is 4.57 Å². The number of para-hydroxylation sites is 2. The van der Waals surface area contributed by atoms with Gasteiger partial charge in [-0.05, 0) is 57.9 Å². The summed E-state index contributed by atoms with van der Waals surface area (Å²) in [6.07, 6.45) is 3.48. The van der Waals surface area contributed by atoms with Gasteiger partial charge in [0.15, 0.2) is 7.14 Å². The lowest BCUT2D eigenvalue weighted by Crippen LogP contribution is -2.26. The van der Waals surface area contributed by atoms with E-state index >= 15 is 4.57 Å². The van der Waals surface area contributed by atoms with Crippen LogP contribution in [0.4, 0.5) is 0 Å². The predicted octanol–water partition coefficient (Wildman–Crippen LogP) is 8.13. The monoisotopic (exact) mass is 569 g/mol. The quantitative estimate of drug-likeness (QED) is 0.159. The molecule has 0 radical (unpaired) electrons. The first-order chi connectivity index (χ1) is 21.2. The Bertz CT molecular complexity index is 2610. The Labute approximate surface area is 247 Å². The molecule has 0 aliphatic rings. The van der Waals surface area contributed by atoms with Gasteiger partial charge in [0.2, 0.25) is 0 Å². The van der Waals surface area contributed by atoms with Crippen LogP contribution in [-0.2, 0) is 4.57 Å². The number of imidazole rings is 1. The molecule has 3 heterocycles. The van der Waals surface area contributed by atoms with E-state index in [4.69, 9.17) is 4.98 Å². The van der Waals surface area contributed by atoms with Crippen molar-refractivity contribution >= 4 is 83.0 Å². The lowest BCUT2D eigenvalue weighted by molar-refractivity contribution is 0.592. The minimum atomic E-state index is -3.37. The zero-order chi connectivity index (χ0) is 28.5. The maximum absolute atomic E-state index is 16.0. The minimum Gasteiger partial charge on any atom is -0.309 e. The van der Waals surface area contributed by atoms with Crippen LogP contribution in [0.25, 0.3) is 59.9 Å². The largest absolute Gasteiger partial charge is 0.309 e. The van der Waals surface area contributed by atoms with E-state index in [9.17, 15) is 0 Å². The molecule has 0 saturated carbocycles. The molecule has 0 aliphatic heterocycles. The van der Waals surface area contributed by atoms with E-state index in [2.05, 4.69) is 100 Å². The third-order valence-electron chi connectivity index (χ3n) is 8.70. The summed E-state index contributed by atoms with van der Waals surface area (Å²) >= 11 is 0. The molecule has 6 aromatic carbocycles. The van der Waals surface area contributed by atoms with Crippen LogP contribution >= 0.6 is 7.14 Å². The smallest absolute Gasteiger partial charge is 0.171 e. The Morgan fingerprint density at radius 3 is 2.05 bits per heavy atom. The second-order valence-corrected chi connectivity index (χ2v) is 13.7. The first-order valence-electron chi connectivity index (χ1n) is 14.4. The Morgan fingerprint density at radius 1 is 0.535 bits per heavy atom. The van der Waals surface area contributed by atoms with Gasteiger partial charge in [-0.25, -0.2) is 4.98 Å². The van der Waals surface area contributed by atoms with Gasteiger partial charge >= 0.3 is 0 Å². The maximum atomic E-state index is 16.0. The number of fused-ring (bicyclic) bond motifs is 11. The molecule has 1 atom stereocenters. The molecule has 0 aliphatic carbocycles. The second-order valence-electron chi connectivity index (χ2n) is 11.0. The summed E-state index contributed by atoms with van der Waals surface area (Å²) in [5.74, 6) is 0. The summed E-state index contributed by atoms with van der Waals surface area (Å²) in [6.45, 7) is 0. The average molecular weight is 570 g/mol. The number of hydrogen-bond acceptors (Lipinski definition) is 3. The molecule has 4 nitrogen and oxygen atoms in total. The minimum absolute atomic E-state index is 0.765. The van der Waals surface area contributed by atoms with Gasteiger partial charge in [-0.2, -0.15) is 0 Å². The van der Waals surface area contributed by atoms with Crippen molar-refractivity contribution in [3.63, 3.8) is 0 Å². The summed E-state index contributed by atoms with van der Waals surface area (Å²) < 4.78 is 18.3. The number of benzene rings is 6. The number of aromatic nitrogens is 3. The average Bonchev–Trinajstić information content (AvgIpc) is 3.47. The molecule has 3 aromatic heterocycles. The molecule has 0 saturated heterocycles. The fourth-order valence-corrected chi connectivity index (χ4v) is 9.61. The summed E-state index contributed by atoms with van der Waals surface area (Å²) in [7, 11) is -3.37. The second kappa shape index (κ2) is 9.09. The normalized spacial score (nSPS) is 13.4. The van der Waals surface area contributed by atoms with Gasteiger partial charge in [-0.3, -0.25) is 9.38 Å². The highest BCUT2D eigenvalue weighted by atomic mass is 31.2. The van der Waals surface area contributed by atoms with Gasteiger partial charge in [-0.1, -0.05) is 97.1 Å². The molecule has 202 valence electrons. The van der Waals surface area contributed by atoms with Crippen molar-refractivity contribution in [1.29, 1.82) is 0 Å². The Hall–Kier alpha value is -5.31. The van der Waals surface area contributed by atoms with Crippen LogP contribution in [-0.4, -0.2) is 14.4 Å². The van der Waals surface area contributed by atoms with Crippen LogP contribution in [0.5, 0.6) is 0 Å². The molecule has 43 heavy (non-hydrogen) atoms. The summed E-state index contributed by atoms with van der Waals surface area (Å²) in [4.78, 5) is 9.37. The zero-order valence-electron chi connectivity index (χ0n) is 23.1. The van der Waals surface area contributed by atoms with Crippen LogP contribution < -0.4 is 15.9 Å². The van der Waals surface area contributed by atoms with Crippen molar-refractivity contribution in [2.24, 2.45) is 0 Å². The first-order valence-corrected chi connectivity index (χ1v) is 16.1. The summed E-state index contributed by atoms with van der Waals surface area (Å²) in [6, 6.07) is 45.5. The van der Waals surface area contributed by atoms with E-state index in [1.54, 1.807) is 12.4 Å². The fraction of sp³-hybridized carbons (Fsp3) is 0. The van der Waals surface area contributed by atoms with Crippen LogP contribution in [0, 0.1) is 0 Å². The summed E-state index contributed by atoms with van der Waals surface area (Å²) in [5, 5.41) is 9.81. The number of nitrogens with zero attached hydrogens (tertiary/aromatic N) is 3. The topological polar surface area (TPSA) is 47.3 Å². The van der Waals surface area contributed by atoms with E-state index in [0.717, 1.165) is 75.8 Å². The van der Waals surface area contributed by atoms with E-state index < -0.39 is 7.14 Å². The molecular formula is C38H24N3OP. The van der Waals surface area contributed by atoms with Crippen molar-refractivity contribution in [1.82, 2.24) is 14.4 Å². The molecule has 5 heteroatoms. The Balaban J connectivity index is 1.51. The Morgan fingerprint density at radius 2 is 1.21 bits per heavy atom. The third kappa shape index (κ3) is 3.42. The Kier molecular flexibility index (Phi) is 5.14. The molecule has 1 unspecified atom stereocenters. The lowest BCUT2D eigenvalue weighted by atomic mass is 10.0. The van der Waals surface area contributed by atoms with Crippen molar-refractivity contribution < 1.29 is 4.57 Å². The van der Waals surface area contributed by atoms with E-state index in [-0.39, 0.29) is 0 Å². The zero-order valence-corrected chi connectivity index (χ0v) is 23.9. The number of rotatable bonds is 3. The summed E-state index contributed by atoms with van der Waals surface area (Å²) in [5.41, 5.74) is 4.00. The van der Waals surface area contributed by atoms with Crippen molar-refractivity contribution in [2.45, 2.75) is 0 Å². The van der Waals surface area contributed by atoms with Crippen molar-refractivity contribution in [3.05, 3.63) is 146 Å². The fourth-order valence-electron chi connectivity index (χ4n) is 6.75. The SMILES string of the molecule is O=P(c1ccncc1)(c1ccc2ccccc2c1)c1cc2c3ccccc3c3nc4ccccc4n3c2c2ccccc12. The molecular weight excluding hydrogens is 545 g/mol. The van der Waals surface area contributed by atoms with E-state index in [1.165, 1.54) is 0 Å². The molecule has 9 rings (SSSR count). The van der Waals surface area contributed by atoms with E-state index in [0.29, 0.717) is 0 Å². The molecule has 0 N–H and O–H groups in total. The van der Waals surface area contributed by atoms with Crippen LogP contribution in [0.2, 0.25) is 0 Å². The highest BCUT2D eigenvalue weighted by Crippen LogP contribution is 2.47. The van der Waals surface area contributed by atoms with Gasteiger partial charge in [-0.15, -0.1) is 0 Å². The van der Waals surface area contributed by atoms with Gasteiger partial charge in [0.25, 0.3) is 0 Å². The van der Waals surface area contributed by atoms with Gasteiger partial charge in [0.05, 0.1) is 16.6 Å². The van der Waals surface area contributed by atoms with Crippen LogP contribution in [0.15, 0.2) is 146 Å². The van der Waals surface area contributed by atoms with E-state index in [1.807, 2.05) is 42.5 Å². The molecule has 0 bridgehead atoms. The van der Waals surface area contributed by atoms with Gasteiger partial charge in [0, 0.05) is 44.5 Å². The molecule has 0 fully saturated rings. The molecule has 0 amide bonds. The molecule has 0 spiro atoms. The third-order valence-corrected chi connectivity index (χ3v) is 11.8. The lowest BCUT2D eigenvalue weighted by Gasteiger charge is -2.24. The van der Waals surface area contributed by atoms with Crippen LogP contribution in [0.3, 0.4) is 0 Å². The first kappa shape index (κ1) is 24.3. The number of pyridine rings is 2. The highest BCUT2D eigenvalue weighted by Gasteiger charge is 2.33. The van der Waals surface area contributed by atoms with Gasteiger partial charge in [0.1, 0.15) is 5.65 Å². The van der Waals surface area contributed by atoms with Crippen LogP contribution in [0.1, 0.15) is 0 Å². The maximum Gasteiger partial charge on any atom is 0.171 e. The predicted molar refractivity (Wildman–Crippen MR) is 180 cm³/mol.